The normalized spacial score (nSPS) is 20.8. The average Bonchev–Trinajstić information content (AvgIpc) is 1.84. The molecule has 0 aliphatic heterocycles. The van der Waals surface area contributed by atoms with Crippen molar-refractivity contribution in [2.24, 2.45) is 5.41 Å². The van der Waals surface area contributed by atoms with Crippen LogP contribution in [-0.2, 0) is 4.79 Å². The van der Waals surface area contributed by atoms with E-state index in [0.29, 0.717) is 0 Å². The van der Waals surface area contributed by atoms with Crippen molar-refractivity contribution < 1.29 is 4.79 Å². The van der Waals surface area contributed by atoms with E-state index in [-0.39, 0.29) is 11.2 Å². The third kappa shape index (κ3) is 1.24. The second kappa shape index (κ2) is 2.58. The van der Waals surface area contributed by atoms with E-state index in [0.717, 1.165) is 19.3 Å². The molecule has 0 aromatic heterocycles. The Morgan fingerprint density at radius 2 is 1.92 bits per heavy atom. The van der Waals surface area contributed by atoms with Gasteiger partial charge < -0.3 is 4.85 Å². The van der Waals surface area contributed by atoms with E-state index in [2.05, 4.69) is 4.85 Å². The van der Waals surface area contributed by atoms with Gasteiger partial charge in [0.05, 0.1) is 0 Å². The molecule has 0 spiro atoms. The quantitative estimate of drug-likeness (QED) is 0.547. The SMILES string of the molecule is [C-]#[N+]C1(C(=O)C(C)(C)C)CCC1. The lowest BCUT2D eigenvalue weighted by molar-refractivity contribution is -0.132. The number of Topliss-reactive ketones (excluding diaryl/α,β-unsaturated/α-hetero) is 1. The van der Waals surface area contributed by atoms with Crippen LogP contribution in [0.4, 0.5) is 0 Å². The Bertz CT molecular complexity index is 238. The minimum Gasteiger partial charge on any atom is -0.302 e. The van der Waals surface area contributed by atoms with Crippen LogP contribution in [0.2, 0.25) is 0 Å². The molecule has 1 rings (SSSR count). The molecule has 2 heteroatoms. The van der Waals surface area contributed by atoms with Crippen molar-refractivity contribution in [3.63, 3.8) is 0 Å². The minimum atomic E-state index is -0.641. The van der Waals surface area contributed by atoms with Crippen molar-refractivity contribution in [1.29, 1.82) is 0 Å². The fourth-order valence-electron chi connectivity index (χ4n) is 1.60. The molecule has 0 saturated heterocycles. The van der Waals surface area contributed by atoms with Gasteiger partial charge in [-0.1, -0.05) is 20.8 Å². The van der Waals surface area contributed by atoms with Crippen molar-refractivity contribution in [3.8, 4) is 0 Å². The molecule has 0 bridgehead atoms. The first-order valence-corrected chi connectivity index (χ1v) is 4.36. The van der Waals surface area contributed by atoms with Gasteiger partial charge in [0.15, 0.2) is 0 Å². The zero-order chi connectivity index (χ0) is 9.41. The Balaban J connectivity index is 2.83. The van der Waals surface area contributed by atoms with Crippen LogP contribution in [0, 0.1) is 12.0 Å². The standard InChI is InChI=1S/C10H15NO/c1-9(2,3)8(12)10(11-4)6-5-7-10/h5-7H2,1-3H3. The third-order valence-corrected chi connectivity index (χ3v) is 2.50. The molecule has 0 N–H and O–H groups in total. The number of nitrogens with zero attached hydrogens (tertiary/aromatic N) is 1. The molecule has 1 fully saturated rings. The lowest BCUT2D eigenvalue weighted by Gasteiger charge is -2.33. The summed E-state index contributed by atoms with van der Waals surface area (Å²) in [7, 11) is 0. The maximum absolute atomic E-state index is 11.8. The molecular formula is C10H15NO. The van der Waals surface area contributed by atoms with Crippen molar-refractivity contribution in [3.05, 3.63) is 11.4 Å². The Morgan fingerprint density at radius 1 is 1.42 bits per heavy atom. The predicted octanol–water partition coefficient (Wildman–Crippen LogP) is 2.44. The molecule has 2 nitrogen and oxygen atoms in total. The van der Waals surface area contributed by atoms with E-state index in [9.17, 15) is 4.79 Å². The largest absolute Gasteiger partial charge is 0.302 e. The summed E-state index contributed by atoms with van der Waals surface area (Å²) in [6, 6.07) is 0. The van der Waals surface area contributed by atoms with Crippen LogP contribution in [0.3, 0.4) is 0 Å². The molecule has 0 unspecified atom stereocenters. The highest BCUT2D eigenvalue weighted by atomic mass is 16.1. The van der Waals surface area contributed by atoms with Gasteiger partial charge >= 0.3 is 0 Å². The van der Waals surface area contributed by atoms with Crippen LogP contribution in [0.1, 0.15) is 40.0 Å². The summed E-state index contributed by atoms with van der Waals surface area (Å²) >= 11 is 0. The average molecular weight is 165 g/mol. The number of carbonyl (C=O) groups is 1. The van der Waals surface area contributed by atoms with Crippen molar-refractivity contribution >= 4 is 5.78 Å². The first-order valence-electron chi connectivity index (χ1n) is 4.36. The van der Waals surface area contributed by atoms with Crippen LogP contribution in [0.25, 0.3) is 4.85 Å². The van der Waals surface area contributed by atoms with E-state index < -0.39 is 5.54 Å². The Hall–Kier alpha value is -0.840. The Morgan fingerprint density at radius 3 is 2.00 bits per heavy atom. The van der Waals surface area contributed by atoms with Gasteiger partial charge in [-0.15, -0.1) is 0 Å². The summed E-state index contributed by atoms with van der Waals surface area (Å²) in [6.45, 7) is 12.7. The summed E-state index contributed by atoms with van der Waals surface area (Å²) in [4.78, 5) is 15.3. The first-order chi connectivity index (χ1) is 5.42. The molecule has 1 aliphatic rings. The number of carbonyl (C=O) groups excluding carboxylic acids is 1. The molecule has 0 aromatic carbocycles. The number of hydrogen-bond donors (Lipinski definition) is 0. The number of hydrogen-bond acceptors (Lipinski definition) is 1. The van der Waals surface area contributed by atoms with E-state index in [1.54, 1.807) is 0 Å². The summed E-state index contributed by atoms with van der Waals surface area (Å²) in [5, 5.41) is 0. The number of rotatable bonds is 1. The summed E-state index contributed by atoms with van der Waals surface area (Å²) < 4.78 is 0. The van der Waals surface area contributed by atoms with Crippen LogP contribution >= 0.6 is 0 Å². The van der Waals surface area contributed by atoms with E-state index in [4.69, 9.17) is 6.57 Å². The van der Waals surface area contributed by atoms with Crippen LogP contribution in [0.5, 0.6) is 0 Å². The van der Waals surface area contributed by atoms with Crippen LogP contribution < -0.4 is 0 Å². The molecule has 0 aromatic rings. The van der Waals surface area contributed by atoms with Gasteiger partial charge in [-0.3, -0.25) is 4.79 Å². The van der Waals surface area contributed by atoms with Crippen LogP contribution in [-0.4, -0.2) is 11.3 Å². The molecule has 0 radical (unpaired) electrons. The minimum absolute atomic E-state index is 0.122. The first kappa shape index (κ1) is 9.25. The third-order valence-electron chi connectivity index (χ3n) is 2.50. The highest BCUT2D eigenvalue weighted by Crippen LogP contribution is 2.41. The second-order valence-corrected chi connectivity index (χ2v) is 4.58. The van der Waals surface area contributed by atoms with E-state index >= 15 is 0 Å². The Labute approximate surface area is 73.8 Å². The second-order valence-electron chi connectivity index (χ2n) is 4.58. The maximum atomic E-state index is 11.8. The Kier molecular flexibility index (Phi) is 1.99. The highest BCUT2D eigenvalue weighted by Gasteiger charge is 2.54. The molecule has 0 atom stereocenters. The fourth-order valence-corrected chi connectivity index (χ4v) is 1.60. The molecular weight excluding hydrogens is 150 g/mol. The summed E-state index contributed by atoms with van der Waals surface area (Å²) in [6.07, 6.45) is 2.57. The van der Waals surface area contributed by atoms with Crippen LogP contribution in [0.15, 0.2) is 0 Å². The smallest absolute Gasteiger partial charge is 0.290 e. The summed E-state index contributed by atoms with van der Waals surface area (Å²) in [5.41, 5.74) is -0.997. The van der Waals surface area contributed by atoms with E-state index in [1.165, 1.54) is 0 Å². The monoisotopic (exact) mass is 165 g/mol. The van der Waals surface area contributed by atoms with Crippen molar-refractivity contribution in [1.82, 2.24) is 0 Å². The molecule has 0 heterocycles. The van der Waals surface area contributed by atoms with Crippen molar-refractivity contribution in [2.75, 3.05) is 0 Å². The number of ketones is 1. The lowest BCUT2D eigenvalue weighted by Crippen LogP contribution is -2.47. The van der Waals surface area contributed by atoms with Gasteiger partial charge in [0.1, 0.15) is 0 Å². The van der Waals surface area contributed by atoms with Gasteiger partial charge in [0, 0.05) is 18.3 Å². The molecule has 12 heavy (non-hydrogen) atoms. The van der Waals surface area contributed by atoms with Gasteiger partial charge in [-0.2, -0.15) is 0 Å². The van der Waals surface area contributed by atoms with Gasteiger partial charge in [-0.05, 0) is 6.42 Å². The zero-order valence-electron chi connectivity index (χ0n) is 7.98. The van der Waals surface area contributed by atoms with Gasteiger partial charge in [0.2, 0.25) is 5.78 Å². The molecule has 1 aliphatic carbocycles. The highest BCUT2D eigenvalue weighted by molar-refractivity contribution is 5.95. The van der Waals surface area contributed by atoms with Gasteiger partial charge in [-0.25, -0.2) is 6.57 Å². The molecule has 66 valence electrons. The lowest BCUT2D eigenvalue weighted by atomic mass is 9.67. The summed E-state index contributed by atoms with van der Waals surface area (Å²) in [5.74, 6) is 0.122. The maximum Gasteiger partial charge on any atom is 0.290 e. The van der Waals surface area contributed by atoms with Gasteiger partial charge in [0.25, 0.3) is 5.54 Å². The topological polar surface area (TPSA) is 21.4 Å². The zero-order valence-corrected chi connectivity index (χ0v) is 7.98. The molecule has 0 amide bonds. The molecule has 1 saturated carbocycles. The van der Waals surface area contributed by atoms with Crippen molar-refractivity contribution in [2.45, 2.75) is 45.6 Å². The van der Waals surface area contributed by atoms with E-state index in [1.807, 2.05) is 20.8 Å². The fraction of sp³-hybridized carbons (Fsp3) is 0.800. The predicted molar refractivity (Wildman–Crippen MR) is 47.6 cm³/mol.